The fourth-order valence-electron chi connectivity index (χ4n) is 8.53. The van der Waals surface area contributed by atoms with Crippen molar-refractivity contribution in [3.05, 3.63) is 142 Å². The molecule has 0 saturated heterocycles. The Hall–Kier alpha value is -8.01. The van der Waals surface area contributed by atoms with E-state index < -0.39 is 59.5 Å². The summed E-state index contributed by atoms with van der Waals surface area (Å²) < 4.78 is 0. The van der Waals surface area contributed by atoms with Crippen molar-refractivity contribution in [1.29, 1.82) is 0 Å². The highest BCUT2D eigenvalue weighted by atomic mass is 16.4. The molecule has 0 bridgehead atoms. The van der Waals surface area contributed by atoms with E-state index in [1.807, 2.05) is 62.4 Å². The van der Waals surface area contributed by atoms with Crippen LogP contribution in [0.2, 0.25) is 0 Å². The number of Topliss-reactive ketones (excluding diaryl/α,β-unsaturated/α-hetero) is 4. The van der Waals surface area contributed by atoms with Crippen LogP contribution in [0.5, 0.6) is 0 Å². The molecule has 0 aliphatic carbocycles. The third-order valence-corrected chi connectivity index (χ3v) is 12.5. The number of para-hydroxylation sites is 2. The Kier molecular flexibility index (Phi) is 17.4. The van der Waals surface area contributed by atoms with E-state index in [1.54, 1.807) is 30.6 Å². The zero-order valence-corrected chi connectivity index (χ0v) is 40.7. The van der Waals surface area contributed by atoms with Gasteiger partial charge in [0.05, 0.1) is 24.2 Å². The summed E-state index contributed by atoms with van der Waals surface area (Å²) in [5, 5.41) is 22.2. The second-order valence-electron chi connectivity index (χ2n) is 18.6. The van der Waals surface area contributed by atoms with E-state index in [1.165, 1.54) is 45.9 Å². The molecule has 370 valence electrons. The van der Waals surface area contributed by atoms with Gasteiger partial charge in [-0.3, -0.25) is 43.2 Å². The van der Waals surface area contributed by atoms with Crippen molar-refractivity contribution in [2.45, 2.75) is 111 Å². The number of carboxylic acids is 1. The number of aromatic amines is 2. The van der Waals surface area contributed by atoms with Crippen LogP contribution in [-0.4, -0.2) is 92.0 Å². The molecular formula is C55H60N6O10. The number of H-pyrrole nitrogens is 2. The number of rotatable bonds is 24. The minimum atomic E-state index is -1.15. The monoisotopic (exact) mass is 964 g/mol. The number of benzene rings is 4. The molecule has 0 saturated carbocycles. The summed E-state index contributed by atoms with van der Waals surface area (Å²) in [5.41, 5.74) is 4.44. The zero-order chi connectivity index (χ0) is 51.5. The number of fused-ring (bicyclic) bond motifs is 2. The minimum Gasteiger partial charge on any atom is -0.481 e. The number of aromatic nitrogens is 2. The van der Waals surface area contributed by atoms with Gasteiger partial charge in [-0.25, -0.2) is 0 Å². The first-order valence-corrected chi connectivity index (χ1v) is 23.6. The lowest BCUT2D eigenvalue weighted by atomic mass is 9.95. The van der Waals surface area contributed by atoms with Gasteiger partial charge in [0.15, 0.2) is 23.1 Å². The van der Waals surface area contributed by atoms with Gasteiger partial charge in [0, 0.05) is 75.7 Å². The number of carboxylic acid groups (broad SMARTS) is 1. The second-order valence-corrected chi connectivity index (χ2v) is 18.6. The van der Waals surface area contributed by atoms with E-state index in [0.29, 0.717) is 17.5 Å². The molecule has 16 heteroatoms. The number of amides is 4. The molecule has 0 fully saturated rings. The first-order valence-electron chi connectivity index (χ1n) is 23.6. The summed E-state index contributed by atoms with van der Waals surface area (Å²) in [6, 6.07) is 20.3. The third-order valence-electron chi connectivity index (χ3n) is 12.5. The lowest BCUT2D eigenvalue weighted by Crippen LogP contribution is -2.42. The van der Waals surface area contributed by atoms with Crippen molar-refractivity contribution < 1.29 is 48.3 Å². The fraction of sp³-hybridized carbons (Fsp3) is 0.327. The van der Waals surface area contributed by atoms with E-state index >= 15 is 0 Å². The van der Waals surface area contributed by atoms with Crippen molar-refractivity contribution in [3.63, 3.8) is 0 Å². The summed E-state index contributed by atoms with van der Waals surface area (Å²) in [4.78, 5) is 125. The molecule has 0 aliphatic rings. The number of carbonyl (C=O) groups is 9. The lowest BCUT2D eigenvalue weighted by Gasteiger charge is -2.19. The van der Waals surface area contributed by atoms with Gasteiger partial charge in [-0.05, 0) is 130 Å². The van der Waals surface area contributed by atoms with E-state index in [0.717, 1.165) is 32.9 Å². The summed E-state index contributed by atoms with van der Waals surface area (Å²) in [7, 11) is 0. The van der Waals surface area contributed by atoms with Gasteiger partial charge in [0.2, 0.25) is 0 Å². The van der Waals surface area contributed by atoms with Crippen LogP contribution in [0.1, 0.15) is 124 Å². The summed E-state index contributed by atoms with van der Waals surface area (Å²) >= 11 is 0. The highest BCUT2D eigenvalue weighted by Gasteiger charge is 2.26. The third kappa shape index (κ3) is 14.1. The Morgan fingerprint density at radius 2 is 0.845 bits per heavy atom. The summed E-state index contributed by atoms with van der Waals surface area (Å²) in [6.07, 6.45) is 4.03. The number of nitrogens with one attached hydrogen (secondary N) is 6. The molecule has 7 N–H and O–H groups in total. The van der Waals surface area contributed by atoms with Crippen LogP contribution in [0.3, 0.4) is 0 Å². The average molecular weight is 965 g/mol. The van der Waals surface area contributed by atoms with Crippen molar-refractivity contribution in [2.75, 3.05) is 0 Å². The number of aliphatic carboxylic acids is 1. The van der Waals surface area contributed by atoms with Crippen LogP contribution >= 0.6 is 0 Å². The number of ketones is 4. The van der Waals surface area contributed by atoms with Gasteiger partial charge >= 0.3 is 5.97 Å². The predicted molar refractivity (Wildman–Crippen MR) is 268 cm³/mol. The Labute approximate surface area is 411 Å². The molecule has 16 nitrogen and oxygen atoms in total. The molecule has 2 heterocycles. The maximum absolute atomic E-state index is 14.2. The number of hydrogen-bond donors (Lipinski definition) is 7. The topological polar surface area (TPSA) is 254 Å². The van der Waals surface area contributed by atoms with E-state index in [2.05, 4.69) is 31.2 Å². The van der Waals surface area contributed by atoms with Crippen molar-refractivity contribution in [3.8, 4) is 0 Å². The summed E-state index contributed by atoms with van der Waals surface area (Å²) in [6.45, 7) is 9.22. The minimum absolute atomic E-state index is 0.0156. The predicted octanol–water partition coefficient (Wildman–Crippen LogP) is 6.58. The molecule has 0 radical (unpaired) electrons. The largest absolute Gasteiger partial charge is 0.481 e. The number of carbonyl (C=O) groups excluding carboxylic acids is 8. The van der Waals surface area contributed by atoms with Crippen LogP contribution in [-0.2, 0) is 49.7 Å². The Morgan fingerprint density at radius 1 is 0.493 bits per heavy atom. The SMILES string of the molecule is CC(=O)C(CCC(=O)O)NC(=O)c1cc(CCc2cc(C(=O)NC(Cc3c[nH]c4ccccc34)C(C)=O)cc(C(=O)NC(CC(C)C)C(C)=O)c2)cc(C(=O)NC(Cc2c[nH]c3ccccc23)C(C)=O)c1. The van der Waals surface area contributed by atoms with Gasteiger partial charge in [-0.15, -0.1) is 0 Å². The highest BCUT2D eigenvalue weighted by molar-refractivity contribution is 6.04. The molecule has 4 amide bonds. The molecule has 2 aromatic heterocycles. The fourth-order valence-corrected chi connectivity index (χ4v) is 8.53. The molecule has 4 atom stereocenters. The molecule has 4 unspecified atom stereocenters. The van der Waals surface area contributed by atoms with E-state index in [9.17, 15) is 48.3 Å². The van der Waals surface area contributed by atoms with Crippen molar-refractivity contribution in [1.82, 2.24) is 31.2 Å². The van der Waals surface area contributed by atoms with Crippen molar-refractivity contribution in [2.24, 2.45) is 5.92 Å². The Balaban J connectivity index is 1.33. The highest BCUT2D eigenvalue weighted by Crippen LogP contribution is 2.23. The van der Waals surface area contributed by atoms with Gasteiger partial charge < -0.3 is 36.3 Å². The van der Waals surface area contributed by atoms with Crippen LogP contribution in [0.25, 0.3) is 21.8 Å². The molecule has 0 aliphatic heterocycles. The van der Waals surface area contributed by atoms with E-state index in [-0.39, 0.29) is 84.0 Å². The first kappa shape index (κ1) is 52.4. The standard InChI is InChI=1S/C55H60N6O10/c1-30(2)19-48(32(4)63)59-53(69)38-21-36(23-40(25-38)55(71)61-50(34(6)65)27-42-29-57-47-14-10-8-12-44(42)47)16-15-35-20-37(52(68)58-45(31(3)62)17-18-51(66)67)24-39(22-35)54(70)60-49(33(5)64)26-41-28-56-46-13-9-7-11-43(41)46/h7-14,20-25,28-30,45,48-50,56-57H,15-19,26-27H2,1-6H3,(H,58,68)(H,59,69)(H,60,70)(H,61,71)(H,66,67). The molecular weight excluding hydrogens is 905 g/mol. The normalized spacial score (nSPS) is 12.9. The van der Waals surface area contributed by atoms with Crippen LogP contribution in [0.4, 0.5) is 0 Å². The summed E-state index contributed by atoms with van der Waals surface area (Å²) in [5.74, 6) is -5.02. The van der Waals surface area contributed by atoms with Gasteiger partial charge in [0.1, 0.15) is 0 Å². The first-order chi connectivity index (χ1) is 33.8. The Morgan fingerprint density at radius 3 is 1.20 bits per heavy atom. The molecule has 4 aromatic carbocycles. The van der Waals surface area contributed by atoms with Crippen molar-refractivity contribution >= 4 is 74.5 Å². The average Bonchev–Trinajstić information content (AvgIpc) is 3.94. The maximum Gasteiger partial charge on any atom is 0.303 e. The second kappa shape index (κ2) is 23.5. The maximum atomic E-state index is 14.2. The number of aryl methyl sites for hydroxylation is 2. The molecule has 6 rings (SSSR count). The number of hydrogen-bond acceptors (Lipinski definition) is 9. The van der Waals surface area contributed by atoms with Gasteiger partial charge in [0.25, 0.3) is 23.6 Å². The van der Waals surface area contributed by atoms with Gasteiger partial charge in [-0.1, -0.05) is 50.2 Å². The van der Waals surface area contributed by atoms with E-state index in [4.69, 9.17) is 0 Å². The molecule has 0 spiro atoms. The van der Waals surface area contributed by atoms with Crippen LogP contribution < -0.4 is 21.3 Å². The quantitative estimate of drug-likeness (QED) is 0.0343. The Bertz CT molecular complexity index is 3020. The van der Waals surface area contributed by atoms with Crippen LogP contribution in [0.15, 0.2) is 97.3 Å². The van der Waals surface area contributed by atoms with Gasteiger partial charge in [-0.2, -0.15) is 0 Å². The molecule has 71 heavy (non-hydrogen) atoms. The smallest absolute Gasteiger partial charge is 0.303 e. The zero-order valence-electron chi connectivity index (χ0n) is 40.7. The lowest BCUT2D eigenvalue weighted by molar-refractivity contribution is -0.137. The molecule has 6 aromatic rings. The van der Waals surface area contributed by atoms with Crippen LogP contribution in [0, 0.1) is 5.92 Å².